The number of aliphatic hydroxyl groups excluding tert-OH is 1. The van der Waals surface area contributed by atoms with E-state index in [9.17, 15) is 5.11 Å². The summed E-state index contributed by atoms with van der Waals surface area (Å²) >= 11 is 5.96. The summed E-state index contributed by atoms with van der Waals surface area (Å²) in [6, 6.07) is 8.08. The van der Waals surface area contributed by atoms with Crippen LogP contribution < -0.4 is 4.90 Å². The summed E-state index contributed by atoms with van der Waals surface area (Å²) in [5.74, 6) is 0.764. The van der Waals surface area contributed by atoms with Crippen molar-refractivity contribution in [3.05, 3.63) is 52.2 Å². The average molecular weight is 277 g/mol. The lowest BCUT2D eigenvalue weighted by atomic mass is 10.1. The normalized spacial score (nSPS) is 10.6. The Labute approximate surface area is 118 Å². The molecule has 0 spiro atoms. The Hall–Kier alpha value is -1.58. The minimum atomic E-state index is -0.0882. The van der Waals surface area contributed by atoms with E-state index in [2.05, 4.69) is 37.0 Å². The fourth-order valence-corrected chi connectivity index (χ4v) is 2.24. The summed E-state index contributed by atoms with van der Waals surface area (Å²) in [6.45, 7) is 4.05. The first-order valence-corrected chi connectivity index (χ1v) is 6.47. The van der Waals surface area contributed by atoms with Gasteiger partial charge in [-0.15, -0.1) is 0 Å². The standard InChI is InChI=1S/C15H17ClN2O/c1-10-4-5-14(11(2)6-10)18(3)15-7-12(9-19)13(16)8-17-15/h4-8,19H,9H2,1-3H3. The van der Waals surface area contributed by atoms with Gasteiger partial charge in [0, 0.05) is 24.5 Å². The lowest BCUT2D eigenvalue weighted by molar-refractivity contribution is 0.282. The monoisotopic (exact) mass is 276 g/mol. The molecule has 0 fully saturated rings. The molecule has 0 bridgehead atoms. The van der Waals surface area contributed by atoms with Gasteiger partial charge in [0.15, 0.2) is 0 Å². The minimum absolute atomic E-state index is 0.0882. The number of aryl methyl sites for hydroxylation is 2. The van der Waals surface area contributed by atoms with E-state index in [1.807, 2.05) is 18.0 Å². The molecule has 1 N–H and O–H groups in total. The second-order valence-corrected chi connectivity index (χ2v) is 5.05. The second-order valence-electron chi connectivity index (χ2n) is 4.64. The molecule has 1 aromatic heterocycles. The Morgan fingerprint density at radius 3 is 2.63 bits per heavy atom. The Balaban J connectivity index is 2.40. The van der Waals surface area contributed by atoms with E-state index >= 15 is 0 Å². The van der Waals surface area contributed by atoms with E-state index < -0.39 is 0 Å². The van der Waals surface area contributed by atoms with Gasteiger partial charge in [-0.1, -0.05) is 29.3 Å². The highest BCUT2D eigenvalue weighted by molar-refractivity contribution is 6.31. The first-order chi connectivity index (χ1) is 9.02. The first-order valence-electron chi connectivity index (χ1n) is 6.09. The van der Waals surface area contributed by atoms with Gasteiger partial charge in [-0.25, -0.2) is 4.98 Å². The highest BCUT2D eigenvalue weighted by Crippen LogP contribution is 2.28. The fraction of sp³-hybridized carbons (Fsp3) is 0.267. The number of rotatable bonds is 3. The molecule has 2 rings (SSSR count). The van der Waals surface area contributed by atoms with Gasteiger partial charge >= 0.3 is 0 Å². The first kappa shape index (κ1) is 13.8. The van der Waals surface area contributed by atoms with Crippen LogP contribution in [0.2, 0.25) is 5.02 Å². The van der Waals surface area contributed by atoms with Crippen molar-refractivity contribution in [1.29, 1.82) is 0 Å². The van der Waals surface area contributed by atoms with Gasteiger partial charge in [-0.2, -0.15) is 0 Å². The van der Waals surface area contributed by atoms with Crippen molar-refractivity contribution in [2.24, 2.45) is 0 Å². The van der Waals surface area contributed by atoms with Crippen molar-refractivity contribution in [3.63, 3.8) is 0 Å². The number of anilines is 2. The molecule has 0 unspecified atom stereocenters. The van der Waals surface area contributed by atoms with Gasteiger partial charge in [-0.3, -0.25) is 0 Å². The fourth-order valence-electron chi connectivity index (χ4n) is 2.08. The number of aliphatic hydroxyl groups is 1. The zero-order valence-electron chi connectivity index (χ0n) is 11.3. The molecule has 2 aromatic rings. The summed E-state index contributed by atoms with van der Waals surface area (Å²) in [7, 11) is 1.95. The second kappa shape index (κ2) is 5.59. The van der Waals surface area contributed by atoms with Crippen LogP contribution in [0.25, 0.3) is 0 Å². The number of pyridine rings is 1. The van der Waals surface area contributed by atoms with Crippen LogP contribution in [-0.2, 0) is 6.61 Å². The quantitative estimate of drug-likeness (QED) is 0.930. The van der Waals surface area contributed by atoms with Gasteiger partial charge in [-0.05, 0) is 31.5 Å². The molecule has 19 heavy (non-hydrogen) atoms. The molecule has 1 heterocycles. The van der Waals surface area contributed by atoms with Crippen LogP contribution >= 0.6 is 11.6 Å². The predicted molar refractivity (Wildman–Crippen MR) is 79.1 cm³/mol. The molecule has 3 nitrogen and oxygen atoms in total. The molecule has 0 radical (unpaired) electrons. The predicted octanol–water partition coefficient (Wildman–Crippen LogP) is 3.61. The minimum Gasteiger partial charge on any atom is -0.392 e. The lowest BCUT2D eigenvalue weighted by Crippen LogP contribution is -2.13. The van der Waals surface area contributed by atoms with Crippen molar-refractivity contribution in [2.75, 3.05) is 11.9 Å². The summed E-state index contributed by atoms with van der Waals surface area (Å²) in [5.41, 5.74) is 4.19. The summed E-state index contributed by atoms with van der Waals surface area (Å²) in [5, 5.41) is 9.74. The van der Waals surface area contributed by atoms with Crippen LogP contribution in [0, 0.1) is 13.8 Å². The maximum atomic E-state index is 9.26. The smallest absolute Gasteiger partial charge is 0.133 e. The van der Waals surface area contributed by atoms with Gasteiger partial charge in [0.2, 0.25) is 0 Å². The molecule has 0 aliphatic carbocycles. The van der Waals surface area contributed by atoms with Crippen molar-refractivity contribution >= 4 is 23.1 Å². The van der Waals surface area contributed by atoms with Crippen LogP contribution in [0.4, 0.5) is 11.5 Å². The number of halogens is 1. The molecule has 0 aliphatic heterocycles. The van der Waals surface area contributed by atoms with Gasteiger partial charge in [0.25, 0.3) is 0 Å². The van der Waals surface area contributed by atoms with Crippen LogP contribution in [0.3, 0.4) is 0 Å². The zero-order valence-corrected chi connectivity index (χ0v) is 12.1. The molecule has 1 aromatic carbocycles. The van der Waals surface area contributed by atoms with E-state index in [0.29, 0.717) is 10.6 Å². The molecule has 0 atom stereocenters. The number of hydrogen-bond acceptors (Lipinski definition) is 3. The van der Waals surface area contributed by atoms with Crippen LogP contribution in [0.15, 0.2) is 30.5 Å². The number of aromatic nitrogens is 1. The lowest BCUT2D eigenvalue weighted by Gasteiger charge is -2.21. The van der Waals surface area contributed by atoms with E-state index in [-0.39, 0.29) is 6.61 Å². The Bertz CT molecular complexity index is 599. The van der Waals surface area contributed by atoms with Crippen molar-refractivity contribution in [1.82, 2.24) is 4.98 Å². The third kappa shape index (κ3) is 2.88. The van der Waals surface area contributed by atoms with Gasteiger partial charge in [0.05, 0.1) is 11.6 Å². The van der Waals surface area contributed by atoms with Crippen molar-refractivity contribution in [2.45, 2.75) is 20.5 Å². The van der Waals surface area contributed by atoms with E-state index in [0.717, 1.165) is 11.5 Å². The molecular formula is C15H17ClN2O. The SMILES string of the molecule is Cc1ccc(N(C)c2cc(CO)c(Cl)cn2)c(C)c1. The molecule has 0 saturated heterocycles. The van der Waals surface area contributed by atoms with Gasteiger partial charge in [0.1, 0.15) is 5.82 Å². The highest BCUT2D eigenvalue weighted by atomic mass is 35.5. The largest absolute Gasteiger partial charge is 0.392 e. The Kier molecular flexibility index (Phi) is 4.08. The highest BCUT2D eigenvalue weighted by Gasteiger charge is 2.10. The van der Waals surface area contributed by atoms with E-state index in [4.69, 9.17) is 11.6 Å². The summed E-state index contributed by atoms with van der Waals surface area (Å²) in [4.78, 5) is 6.30. The molecular weight excluding hydrogens is 260 g/mol. The average Bonchev–Trinajstić information content (AvgIpc) is 2.38. The summed E-state index contributed by atoms with van der Waals surface area (Å²) in [6.07, 6.45) is 1.57. The third-order valence-corrected chi connectivity index (χ3v) is 3.49. The maximum absolute atomic E-state index is 9.26. The van der Waals surface area contributed by atoms with Gasteiger partial charge < -0.3 is 10.0 Å². The molecule has 0 amide bonds. The van der Waals surface area contributed by atoms with Crippen molar-refractivity contribution < 1.29 is 5.11 Å². The molecule has 4 heteroatoms. The van der Waals surface area contributed by atoms with Crippen LogP contribution in [-0.4, -0.2) is 17.1 Å². The molecule has 0 saturated carbocycles. The topological polar surface area (TPSA) is 36.4 Å². The maximum Gasteiger partial charge on any atom is 0.133 e. The van der Waals surface area contributed by atoms with E-state index in [1.54, 1.807) is 6.20 Å². The number of hydrogen-bond donors (Lipinski definition) is 1. The summed E-state index contributed by atoms with van der Waals surface area (Å²) < 4.78 is 0. The van der Waals surface area contributed by atoms with Crippen LogP contribution in [0.5, 0.6) is 0 Å². The Morgan fingerprint density at radius 2 is 2.00 bits per heavy atom. The van der Waals surface area contributed by atoms with E-state index in [1.165, 1.54) is 11.1 Å². The number of benzene rings is 1. The van der Waals surface area contributed by atoms with Crippen molar-refractivity contribution in [3.8, 4) is 0 Å². The van der Waals surface area contributed by atoms with Crippen LogP contribution in [0.1, 0.15) is 16.7 Å². The Morgan fingerprint density at radius 1 is 1.26 bits per heavy atom. The molecule has 0 aliphatic rings. The molecule has 100 valence electrons. The third-order valence-electron chi connectivity index (χ3n) is 3.15. The zero-order chi connectivity index (χ0) is 14.0. The number of nitrogens with zero attached hydrogens (tertiary/aromatic N) is 2.